The SMILES string of the molecule is O=Cc1ccc(P(c2ccccc2)c2ccccc2)c(C=O)c1C=O. The molecule has 0 saturated carbocycles. The number of carbonyl (C=O) groups is 3. The maximum atomic E-state index is 11.8. The van der Waals surface area contributed by atoms with Crippen LogP contribution in [-0.4, -0.2) is 18.9 Å². The maximum Gasteiger partial charge on any atom is 0.151 e. The Labute approximate surface area is 147 Å². The fraction of sp³-hybridized carbons (Fsp3) is 0. The molecule has 0 saturated heterocycles. The van der Waals surface area contributed by atoms with E-state index in [0.29, 0.717) is 24.4 Å². The van der Waals surface area contributed by atoms with E-state index in [4.69, 9.17) is 0 Å². The Balaban J connectivity index is 2.30. The molecule has 3 nitrogen and oxygen atoms in total. The summed E-state index contributed by atoms with van der Waals surface area (Å²) in [6, 6.07) is 23.1. The molecule has 0 aromatic heterocycles. The lowest BCUT2D eigenvalue weighted by Gasteiger charge is -2.21. The van der Waals surface area contributed by atoms with Crippen molar-refractivity contribution in [2.24, 2.45) is 0 Å². The summed E-state index contributed by atoms with van der Waals surface area (Å²) in [5.74, 6) is 0. The fourth-order valence-corrected chi connectivity index (χ4v) is 5.21. The Hall–Kier alpha value is -2.90. The molecule has 0 radical (unpaired) electrons. The van der Waals surface area contributed by atoms with Gasteiger partial charge in [-0.25, -0.2) is 0 Å². The highest BCUT2D eigenvalue weighted by Gasteiger charge is 2.22. The van der Waals surface area contributed by atoms with Crippen LogP contribution in [0.2, 0.25) is 0 Å². The number of rotatable bonds is 6. The molecule has 3 aromatic carbocycles. The van der Waals surface area contributed by atoms with Crippen molar-refractivity contribution >= 4 is 42.7 Å². The highest BCUT2D eigenvalue weighted by Crippen LogP contribution is 2.34. The molecule has 0 spiro atoms. The van der Waals surface area contributed by atoms with Crippen LogP contribution in [0.25, 0.3) is 0 Å². The Bertz CT molecular complexity index is 866. The second kappa shape index (κ2) is 7.78. The van der Waals surface area contributed by atoms with Gasteiger partial charge in [-0.15, -0.1) is 0 Å². The van der Waals surface area contributed by atoms with Crippen LogP contribution in [0.1, 0.15) is 31.1 Å². The molecular formula is C21H15O3P. The number of hydrogen-bond donors (Lipinski definition) is 0. The summed E-state index contributed by atoms with van der Waals surface area (Å²) >= 11 is 0. The predicted molar refractivity (Wildman–Crippen MR) is 101 cm³/mol. The molecule has 0 fully saturated rings. The van der Waals surface area contributed by atoms with Gasteiger partial charge in [0.2, 0.25) is 0 Å². The van der Waals surface area contributed by atoms with Gasteiger partial charge in [0.1, 0.15) is 0 Å². The van der Waals surface area contributed by atoms with Crippen molar-refractivity contribution in [3.63, 3.8) is 0 Å². The Morgan fingerprint density at radius 3 is 1.52 bits per heavy atom. The monoisotopic (exact) mass is 346 g/mol. The van der Waals surface area contributed by atoms with E-state index in [2.05, 4.69) is 0 Å². The summed E-state index contributed by atoms with van der Waals surface area (Å²) in [5.41, 5.74) is 0.678. The predicted octanol–water partition coefficient (Wildman–Crippen LogP) is 2.88. The van der Waals surface area contributed by atoms with Crippen LogP contribution in [0.3, 0.4) is 0 Å². The molecule has 3 rings (SSSR count). The zero-order chi connectivity index (χ0) is 17.6. The third kappa shape index (κ3) is 3.33. The molecular weight excluding hydrogens is 331 g/mol. The zero-order valence-corrected chi connectivity index (χ0v) is 14.2. The summed E-state index contributed by atoms with van der Waals surface area (Å²) < 4.78 is 0. The van der Waals surface area contributed by atoms with Crippen molar-refractivity contribution in [2.45, 2.75) is 0 Å². The van der Waals surface area contributed by atoms with Crippen LogP contribution < -0.4 is 15.9 Å². The maximum absolute atomic E-state index is 11.8. The van der Waals surface area contributed by atoms with Crippen LogP contribution in [0.5, 0.6) is 0 Å². The number of aldehydes is 3. The zero-order valence-electron chi connectivity index (χ0n) is 13.3. The second-order valence-electron chi connectivity index (χ2n) is 5.36. The van der Waals surface area contributed by atoms with Gasteiger partial charge in [0.15, 0.2) is 18.9 Å². The Morgan fingerprint density at radius 2 is 1.08 bits per heavy atom. The normalized spacial score (nSPS) is 10.4. The van der Waals surface area contributed by atoms with Crippen molar-refractivity contribution in [3.05, 3.63) is 89.5 Å². The van der Waals surface area contributed by atoms with Crippen molar-refractivity contribution in [1.82, 2.24) is 0 Å². The van der Waals surface area contributed by atoms with E-state index in [0.717, 1.165) is 15.9 Å². The summed E-state index contributed by atoms with van der Waals surface area (Å²) in [5, 5.41) is 2.92. The molecule has 122 valence electrons. The molecule has 0 aliphatic carbocycles. The molecule has 0 atom stereocenters. The van der Waals surface area contributed by atoms with E-state index in [1.165, 1.54) is 0 Å². The first-order chi connectivity index (χ1) is 12.3. The number of benzene rings is 3. The van der Waals surface area contributed by atoms with E-state index in [1.807, 2.05) is 60.7 Å². The highest BCUT2D eigenvalue weighted by atomic mass is 31.1. The Morgan fingerprint density at radius 1 is 0.560 bits per heavy atom. The number of carbonyl (C=O) groups excluding carboxylic acids is 3. The average molecular weight is 346 g/mol. The van der Waals surface area contributed by atoms with E-state index < -0.39 is 7.92 Å². The molecule has 0 aliphatic rings. The average Bonchev–Trinajstić information content (AvgIpc) is 2.69. The van der Waals surface area contributed by atoms with E-state index >= 15 is 0 Å². The van der Waals surface area contributed by atoms with Crippen molar-refractivity contribution < 1.29 is 14.4 Å². The van der Waals surface area contributed by atoms with Gasteiger partial charge >= 0.3 is 0 Å². The van der Waals surface area contributed by atoms with E-state index in [-0.39, 0.29) is 11.1 Å². The van der Waals surface area contributed by atoms with Crippen LogP contribution >= 0.6 is 7.92 Å². The van der Waals surface area contributed by atoms with Crippen LogP contribution in [0.4, 0.5) is 0 Å². The lowest BCUT2D eigenvalue weighted by molar-refractivity contribution is 0.108. The highest BCUT2D eigenvalue weighted by molar-refractivity contribution is 7.80. The molecule has 0 N–H and O–H groups in total. The molecule has 4 heteroatoms. The third-order valence-electron chi connectivity index (χ3n) is 3.93. The van der Waals surface area contributed by atoms with Gasteiger partial charge in [-0.2, -0.15) is 0 Å². The molecule has 25 heavy (non-hydrogen) atoms. The quantitative estimate of drug-likeness (QED) is 0.509. The first kappa shape index (κ1) is 16.9. The van der Waals surface area contributed by atoms with Gasteiger partial charge in [-0.1, -0.05) is 72.8 Å². The second-order valence-corrected chi connectivity index (χ2v) is 7.55. The lowest BCUT2D eigenvalue weighted by atomic mass is 10.0. The van der Waals surface area contributed by atoms with Crippen molar-refractivity contribution in [2.75, 3.05) is 0 Å². The van der Waals surface area contributed by atoms with E-state index in [9.17, 15) is 14.4 Å². The lowest BCUT2D eigenvalue weighted by Crippen LogP contribution is -2.24. The van der Waals surface area contributed by atoms with Gasteiger partial charge < -0.3 is 0 Å². The van der Waals surface area contributed by atoms with E-state index in [1.54, 1.807) is 12.1 Å². The minimum atomic E-state index is -1.02. The standard InChI is InChI=1S/C21H15O3P/c22-13-16-11-12-21(20(15-24)19(16)14-23)25(17-7-3-1-4-8-17)18-9-5-2-6-10-18/h1-15H. The Kier molecular flexibility index (Phi) is 5.27. The van der Waals surface area contributed by atoms with Crippen molar-refractivity contribution in [1.29, 1.82) is 0 Å². The molecule has 0 aliphatic heterocycles. The fourth-order valence-electron chi connectivity index (χ4n) is 2.78. The summed E-state index contributed by atoms with van der Waals surface area (Å²) in [6.07, 6.45) is 1.86. The smallest absolute Gasteiger partial charge is 0.151 e. The largest absolute Gasteiger partial charge is 0.298 e. The van der Waals surface area contributed by atoms with Crippen LogP contribution in [0.15, 0.2) is 72.8 Å². The van der Waals surface area contributed by atoms with Crippen LogP contribution in [0, 0.1) is 0 Å². The first-order valence-electron chi connectivity index (χ1n) is 7.73. The molecule has 0 unspecified atom stereocenters. The first-order valence-corrected chi connectivity index (χ1v) is 9.07. The van der Waals surface area contributed by atoms with Gasteiger partial charge in [0, 0.05) is 16.7 Å². The topological polar surface area (TPSA) is 51.2 Å². The molecule has 0 amide bonds. The van der Waals surface area contributed by atoms with Gasteiger partial charge in [-0.05, 0) is 23.8 Å². The third-order valence-corrected chi connectivity index (χ3v) is 6.43. The van der Waals surface area contributed by atoms with Crippen LogP contribution in [-0.2, 0) is 0 Å². The van der Waals surface area contributed by atoms with Gasteiger partial charge in [0.05, 0.1) is 0 Å². The van der Waals surface area contributed by atoms with Gasteiger partial charge in [0.25, 0.3) is 0 Å². The molecule has 0 heterocycles. The minimum absolute atomic E-state index is 0.155. The van der Waals surface area contributed by atoms with Crippen molar-refractivity contribution in [3.8, 4) is 0 Å². The summed E-state index contributed by atoms with van der Waals surface area (Å²) in [7, 11) is -1.02. The summed E-state index contributed by atoms with van der Waals surface area (Å²) in [4.78, 5) is 34.5. The number of hydrogen-bond acceptors (Lipinski definition) is 3. The minimum Gasteiger partial charge on any atom is -0.298 e. The molecule has 3 aromatic rings. The van der Waals surface area contributed by atoms with Gasteiger partial charge in [-0.3, -0.25) is 14.4 Å². The summed E-state index contributed by atoms with van der Waals surface area (Å²) in [6.45, 7) is 0. The molecule has 0 bridgehead atoms.